The van der Waals surface area contributed by atoms with Crippen molar-refractivity contribution in [1.29, 1.82) is 0 Å². The first kappa shape index (κ1) is 10.6. The van der Waals surface area contributed by atoms with E-state index in [1.165, 1.54) is 29.7 Å². The van der Waals surface area contributed by atoms with E-state index < -0.39 is 0 Å². The monoisotopic (exact) mass is 204 g/mol. The van der Waals surface area contributed by atoms with E-state index in [2.05, 4.69) is 44.1 Å². The summed E-state index contributed by atoms with van der Waals surface area (Å²) in [6.45, 7) is 8.59. The molecule has 1 fully saturated rings. The maximum absolute atomic E-state index is 4.54. The predicted molar refractivity (Wildman–Crippen MR) is 63.0 cm³/mol. The molecule has 2 rings (SSSR count). The van der Waals surface area contributed by atoms with Crippen molar-refractivity contribution in [3.63, 3.8) is 0 Å². The fourth-order valence-electron chi connectivity index (χ4n) is 2.38. The van der Waals surface area contributed by atoms with Gasteiger partial charge in [0.15, 0.2) is 0 Å². The Bertz CT molecular complexity index is 344. The number of nitrogens with one attached hydrogen (secondary N) is 1. The minimum absolute atomic E-state index is 0.436. The van der Waals surface area contributed by atoms with Crippen LogP contribution < -0.4 is 5.32 Å². The number of aromatic nitrogens is 1. The SMILES string of the molecule is Cc1cc(C)c(C(C)NC2CC2)c(C)n1. The van der Waals surface area contributed by atoms with Gasteiger partial charge >= 0.3 is 0 Å². The number of nitrogens with zero attached hydrogens (tertiary/aromatic N) is 1. The van der Waals surface area contributed by atoms with Gasteiger partial charge in [-0.1, -0.05) is 0 Å². The quantitative estimate of drug-likeness (QED) is 0.819. The van der Waals surface area contributed by atoms with Gasteiger partial charge in [0, 0.05) is 23.5 Å². The summed E-state index contributed by atoms with van der Waals surface area (Å²) in [6, 6.07) is 3.36. The van der Waals surface area contributed by atoms with Crippen molar-refractivity contribution in [3.05, 3.63) is 28.6 Å². The maximum atomic E-state index is 4.54. The van der Waals surface area contributed by atoms with Gasteiger partial charge in [-0.15, -0.1) is 0 Å². The van der Waals surface area contributed by atoms with Gasteiger partial charge in [-0.3, -0.25) is 4.98 Å². The van der Waals surface area contributed by atoms with Crippen LogP contribution in [-0.2, 0) is 0 Å². The molecule has 1 aromatic heterocycles. The maximum Gasteiger partial charge on any atom is 0.0426 e. The fourth-order valence-corrected chi connectivity index (χ4v) is 2.38. The molecule has 1 aromatic rings. The zero-order valence-corrected chi connectivity index (χ0v) is 10.1. The normalized spacial score (nSPS) is 17.9. The molecule has 0 aliphatic heterocycles. The lowest BCUT2D eigenvalue weighted by Gasteiger charge is -2.18. The molecule has 0 bridgehead atoms. The molecule has 82 valence electrons. The van der Waals surface area contributed by atoms with Crippen LogP contribution in [0.2, 0.25) is 0 Å². The van der Waals surface area contributed by atoms with E-state index >= 15 is 0 Å². The molecule has 1 saturated carbocycles. The average molecular weight is 204 g/mol. The van der Waals surface area contributed by atoms with Crippen molar-refractivity contribution in [2.45, 2.75) is 52.6 Å². The summed E-state index contributed by atoms with van der Waals surface area (Å²) in [5, 5.41) is 3.63. The summed E-state index contributed by atoms with van der Waals surface area (Å²) in [5.74, 6) is 0. The topological polar surface area (TPSA) is 24.9 Å². The summed E-state index contributed by atoms with van der Waals surface area (Å²) < 4.78 is 0. The van der Waals surface area contributed by atoms with E-state index in [4.69, 9.17) is 0 Å². The summed E-state index contributed by atoms with van der Waals surface area (Å²) in [7, 11) is 0. The van der Waals surface area contributed by atoms with Crippen molar-refractivity contribution in [3.8, 4) is 0 Å². The Hall–Kier alpha value is -0.890. The van der Waals surface area contributed by atoms with Gasteiger partial charge in [-0.2, -0.15) is 0 Å². The van der Waals surface area contributed by atoms with Crippen LogP contribution in [0.5, 0.6) is 0 Å². The molecule has 15 heavy (non-hydrogen) atoms. The Morgan fingerprint density at radius 2 is 2.00 bits per heavy atom. The highest BCUT2D eigenvalue weighted by Gasteiger charge is 2.24. The van der Waals surface area contributed by atoms with Crippen LogP contribution in [0.25, 0.3) is 0 Å². The average Bonchev–Trinajstić information content (AvgIpc) is 2.85. The minimum Gasteiger partial charge on any atom is -0.307 e. The second kappa shape index (κ2) is 3.93. The molecule has 0 spiro atoms. The summed E-state index contributed by atoms with van der Waals surface area (Å²) in [4.78, 5) is 4.54. The second-order valence-corrected chi connectivity index (χ2v) is 4.74. The molecule has 1 atom stereocenters. The number of hydrogen-bond donors (Lipinski definition) is 1. The van der Waals surface area contributed by atoms with Crippen LogP contribution in [-0.4, -0.2) is 11.0 Å². The molecule has 0 aromatic carbocycles. The van der Waals surface area contributed by atoms with Crippen LogP contribution in [0.15, 0.2) is 6.07 Å². The highest BCUT2D eigenvalue weighted by molar-refractivity contribution is 5.33. The summed E-state index contributed by atoms with van der Waals surface area (Å²) in [6.07, 6.45) is 2.67. The number of hydrogen-bond acceptors (Lipinski definition) is 2. The first-order valence-corrected chi connectivity index (χ1v) is 5.78. The molecule has 1 unspecified atom stereocenters. The lowest BCUT2D eigenvalue weighted by molar-refractivity contribution is 0.563. The minimum atomic E-state index is 0.436. The zero-order chi connectivity index (χ0) is 11.0. The third-order valence-corrected chi connectivity index (χ3v) is 3.08. The van der Waals surface area contributed by atoms with E-state index in [1.54, 1.807) is 0 Å². The molecular formula is C13H20N2. The Kier molecular flexibility index (Phi) is 2.79. The van der Waals surface area contributed by atoms with Gasteiger partial charge in [-0.05, 0) is 57.7 Å². The molecule has 1 aliphatic rings. The Balaban J connectivity index is 2.24. The number of pyridine rings is 1. The lowest BCUT2D eigenvalue weighted by Crippen LogP contribution is -2.22. The van der Waals surface area contributed by atoms with Crippen molar-refractivity contribution in [2.75, 3.05) is 0 Å². The highest BCUT2D eigenvalue weighted by atomic mass is 15.0. The first-order valence-electron chi connectivity index (χ1n) is 5.78. The van der Waals surface area contributed by atoms with E-state index in [-0.39, 0.29) is 0 Å². The second-order valence-electron chi connectivity index (χ2n) is 4.74. The van der Waals surface area contributed by atoms with Crippen LogP contribution in [0.4, 0.5) is 0 Å². The lowest BCUT2D eigenvalue weighted by atomic mass is 10.0. The van der Waals surface area contributed by atoms with Crippen LogP contribution >= 0.6 is 0 Å². The summed E-state index contributed by atoms with van der Waals surface area (Å²) >= 11 is 0. The van der Waals surface area contributed by atoms with Gasteiger partial charge in [0.05, 0.1) is 0 Å². The predicted octanol–water partition coefficient (Wildman–Crippen LogP) is 2.82. The molecule has 0 saturated heterocycles. The fraction of sp³-hybridized carbons (Fsp3) is 0.615. The van der Waals surface area contributed by atoms with Gasteiger partial charge in [0.1, 0.15) is 0 Å². The van der Waals surface area contributed by atoms with Crippen LogP contribution in [0.3, 0.4) is 0 Å². The molecular weight excluding hydrogens is 184 g/mol. The van der Waals surface area contributed by atoms with Crippen LogP contribution in [0, 0.1) is 20.8 Å². The molecule has 2 heteroatoms. The van der Waals surface area contributed by atoms with Crippen molar-refractivity contribution in [1.82, 2.24) is 10.3 Å². The molecule has 1 aliphatic carbocycles. The van der Waals surface area contributed by atoms with E-state index in [0.29, 0.717) is 6.04 Å². The van der Waals surface area contributed by atoms with Gasteiger partial charge in [0.25, 0.3) is 0 Å². The van der Waals surface area contributed by atoms with Gasteiger partial charge in [0.2, 0.25) is 0 Å². The van der Waals surface area contributed by atoms with Crippen molar-refractivity contribution >= 4 is 0 Å². The smallest absolute Gasteiger partial charge is 0.0426 e. The van der Waals surface area contributed by atoms with E-state index in [9.17, 15) is 0 Å². The van der Waals surface area contributed by atoms with Crippen molar-refractivity contribution in [2.24, 2.45) is 0 Å². The van der Waals surface area contributed by atoms with Crippen molar-refractivity contribution < 1.29 is 0 Å². The molecule has 1 N–H and O–H groups in total. The standard InChI is InChI=1S/C13H20N2/c1-8-7-9(2)14-10(3)13(8)11(4)15-12-5-6-12/h7,11-12,15H,5-6H2,1-4H3. The zero-order valence-electron chi connectivity index (χ0n) is 10.1. The molecule has 2 nitrogen and oxygen atoms in total. The van der Waals surface area contributed by atoms with Gasteiger partial charge in [-0.25, -0.2) is 0 Å². The Morgan fingerprint density at radius 1 is 1.33 bits per heavy atom. The first-order chi connectivity index (χ1) is 7.08. The molecule has 1 heterocycles. The number of rotatable bonds is 3. The Morgan fingerprint density at radius 3 is 2.53 bits per heavy atom. The summed E-state index contributed by atoms with van der Waals surface area (Å²) in [5.41, 5.74) is 5.04. The highest BCUT2D eigenvalue weighted by Crippen LogP contribution is 2.26. The molecule has 0 amide bonds. The largest absolute Gasteiger partial charge is 0.307 e. The van der Waals surface area contributed by atoms with E-state index in [1.807, 2.05) is 0 Å². The van der Waals surface area contributed by atoms with E-state index in [0.717, 1.165) is 11.7 Å². The third kappa shape index (κ3) is 2.37. The Labute approximate surface area is 92.1 Å². The molecule has 0 radical (unpaired) electrons. The van der Waals surface area contributed by atoms with Gasteiger partial charge < -0.3 is 5.32 Å². The number of aryl methyl sites for hydroxylation is 3. The van der Waals surface area contributed by atoms with Crippen LogP contribution in [0.1, 0.15) is 48.3 Å². The third-order valence-electron chi connectivity index (χ3n) is 3.08.